The van der Waals surface area contributed by atoms with Crippen molar-refractivity contribution in [1.29, 1.82) is 0 Å². The van der Waals surface area contributed by atoms with Gasteiger partial charge in [0, 0.05) is 42.9 Å². The lowest BCUT2D eigenvalue weighted by atomic mass is 9.53. The highest BCUT2D eigenvalue weighted by atomic mass is 16.7. The number of nitrogens with zero attached hydrogens (tertiary/aromatic N) is 1. The first-order valence-electron chi connectivity index (χ1n) is 16.4. The number of methoxy groups -OCH3 is 1. The van der Waals surface area contributed by atoms with Crippen LogP contribution in [0.1, 0.15) is 86.9 Å². The molecule has 8 rings (SSSR count). The number of hydrogen-bond donors (Lipinski definition) is 3. The summed E-state index contributed by atoms with van der Waals surface area (Å²) in [6.07, 6.45) is 9.78. The molecule has 4 saturated carbocycles. The van der Waals surface area contributed by atoms with Gasteiger partial charge in [0.1, 0.15) is 0 Å². The lowest BCUT2D eigenvalue weighted by Crippen LogP contribution is -2.60. The zero-order valence-electron chi connectivity index (χ0n) is 25.4. The summed E-state index contributed by atoms with van der Waals surface area (Å²) in [5.74, 6) is 2.34. The first-order chi connectivity index (χ1) is 21.0. The van der Waals surface area contributed by atoms with Crippen molar-refractivity contribution in [2.45, 2.75) is 94.5 Å². The van der Waals surface area contributed by atoms with Gasteiger partial charge < -0.3 is 30.0 Å². The normalized spacial score (nSPS) is 35.3. The number of rotatable bonds is 9. The predicted octanol–water partition coefficient (Wildman–Crippen LogP) is 5.93. The van der Waals surface area contributed by atoms with E-state index >= 15 is 0 Å². The number of benzene rings is 2. The van der Waals surface area contributed by atoms with Crippen molar-refractivity contribution in [3.05, 3.63) is 65.2 Å². The van der Waals surface area contributed by atoms with Crippen LogP contribution >= 0.6 is 0 Å². The van der Waals surface area contributed by atoms with Crippen LogP contribution in [-0.2, 0) is 20.8 Å². The largest absolute Gasteiger partial charge is 0.392 e. The lowest BCUT2D eigenvalue weighted by Gasteiger charge is -2.56. The van der Waals surface area contributed by atoms with Crippen molar-refractivity contribution in [1.82, 2.24) is 10.2 Å². The lowest BCUT2D eigenvalue weighted by molar-refractivity contribution is -0.253. The standard InChI is InChI=1S/C35H47N3O5/c1-41-22-30-6-3-11-38(30)20-31-16-32(27-9-7-23(21-39)8-10-27)43-33(42-31)28-4-2-5-29(15-28)36-34(40)37-35-17-24-12-25(18-35)14-26(13-24)19-35/h2,4-5,7-10,15,24-26,30-33,39H,3,6,11-14,16-22H2,1H3,(H2,36,37,40)/t24?,25?,26?,30-,31+,32-,33-,35?/m0/s1. The van der Waals surface area contributed by atoms with E-state index in [0.717, 1.165) is 91.9 Å². The highest BCUT2D eigenvalue weighted by Crippen LogP contribution is 2.55. The fourth-order valence-electron chi connectivity index (χ4n) is 9.24. The molecule has 0 aromatic heterocycles. The fraction of sp³-hybridized carbons (Fsp3) is 0.629. The Hall–Kier alpha value is -2.49. The molecule has 43 heavy (non-hydrogen) atoms. The number of amides is 2. The van der Waals surface area contributed by atoms with Gasteiger partial charge in [0.25, 0.3) is 0 Å². The molecular formula is C35H47N3O5. The molecule has 8 heteroatoms. The third-order valence-corrected chi connectivity index (χ3v) is 10.7. The Morgan fingerprint density at radius 1 is 1.00 bits per heavy atom. The van der Waals surface area contributed by atoms with Crippen molar-refractivity contribution < 1.29 is 24.1 Å². The number of anilines is 1. The van der Waals surface area contributed by atoms with Gasteiger partial charge in [0.05, 0.1) is 25.4 Å². The van der Waals surface area contributed by atoms with Gasteiger partial charge in [-0.25, -0.2) is 4.79 Å². The molecule has 0 unspecified atom stereocenters. The van der Waals surface area contributed by atoms with Gasteiger partial charge in [-0.05, 0) is 98.9 Å². The van der Waals surface area contributed by atoms with Crippen LogP contribution in [0.25, 0.3) is 0 Å². The van der Waals surface area contributed by atoms with E-state index < -0.39 is 6.29 Å². The minimum atomic E-state index is -0.558. The number of carbonyl (C=O) groups excluding carboxylic acids is 1. The Balaban J connectivity index is 1.06. The molecule has 0 spiro atoms. The quantitative estimate of drug-likeness (QED) is 0.336. The summed E-state index contributed by atoms with van der Waals surface area (Å²) < 4.78 is 18.7. The summed E-state index contributed by atoms with van der Waals surface area (Å²) in [7, 11) is 1.77. The highest BCUT2D eigenvalue weighted by molar-refractivity contribution is 5.89. The molecule has 2 aromatic carbocycles. The average Bonchev–Trinajstić information content (AvgIpc) is 3.42. The van der Waals surface area contributed by atoms with Crippen LogP contribution in [0.15, 0.2) is 48.5 Å². The Bertz CT molecular complexity index is 1230. The van der Waals surface area contributed by atoms with Gasteiger partial charge in [-0.15, -0.1) is 0 Å². The van der Waals surface area contributed by atoms with Crippen LogP contribution in [-0.4, -0.2) is 60.5 Å². The van der Waals surface area contributed by atoms with E-state index in [1.54, 1.807) is 7.11 Å². The van der Waals surface area contributed by atoms with E-state index in [9.17, 15) is 9.90 Å². The molecule has 4 bridgehead atoms. The smallest absolute Gasteiger partial charge is 0.319 e. The maximum absolute atomic E-state index is 13.3. The summed E-state index contributed by atoms with van der Waals surface area (Å²) in [5.41, 5.74) is 3.57. The molecule has 3 N–H and O–H groups in total. The minimum absolute atomic E-state index is 0.0188. The highest BCUT2D eigenvalue weighted by Gasteiger charge is 2.51. The Morgan fingerprint density at radius 3 is 2.44 bits per heavy atom. The second-order valence-corrected chi connectivity index (χ2v) is 14.0. The van der Waals surface area contributed by atoms with Gasteiger partial charge in [-0.3, -0.25) is 4.90 Å². The molecule has 6 aliphatic rings. The zero-order valence-corrected chi connectivity index (χ0v) is 25.4. The van der Waals surface area contributed by atoms with Crippen LogP contribution in [0, 0.1) is 17.8 Å². The van der Waals surface area contributed by atoms with E-state index in [-0.39, 0.29) is 30.4 Å². The molecule has 2 saturated heterocycles. The predicted molar refractivity (Wildman–Crippen MR) is 164 cm³/mol. The molecule has 8 nitrogen and oxygen atoms in total. The number of nitrogens with one attached hydrogen (secondary N) is 2. The van der Waals surface area contributed by atoms with E-state index in [1.807, 2.05) is 48.5 Å². The topological polar surface area (TPSA) is 92.3 Å². The van der Waals surface area contributed by atoms with Crippen molar-refractivity contribution in [2.75, 3.05) is 32.1 Å². The number of urea groups is 1. The first-order valence-corrected chi connectivity index (χ1v) is 16.4. The number of aliphatic hydroxyl groups excluding tert-OH is 1. The minimum Gasteiger partial charge on any atom is -0.392 e. The Morgan fingerprint density at radius 2 is 1.74 bits per heavy atom. The molecule has 4 aliphatic carbocycles. The van der Waals surface area contributed by atoms with Crippen LogP contribution in [0.2, 0.25) is 0 Å². The molecule has 2 aromatic rings. The van der Waals surface area contributed by atoms with Gasteiger partial charge in [0.15, 0.2) is 6.29 Å². The maximum atomic E-state index is 13.3. The number of likely N-dealkylation sites (tertiary alicyclic amines) is 1. The van der Waals surface area contributed by atoms with Crippen LogP contribution in [0.5, 0.6) is 0 Å². The second-order valence-electron chi connectivity index (χ2n) is 14.0. The fourth-order valence-corrected chi connectivity index (χ4v) is 9.24. The second kappa shape index (κ2) is 12.5. The third-order valence-electron chi connectivity index (χ3n) is 10.7. The van der Waals surface area contributed by atoms with Crippen molar-refractivity contribution in [2.24, 2.45) is 17.8 Å². The average molecular weight is 590 g/mol. The van der Waals surface area contributed by atoms with Crippen LogP contribution < -0.4 is 10.6 Å². The SMILES string of the molecule is COC[C@@H]1CCCN1C[C@H]1C[C@@H](c2ccc(CO)cc2)O[C@@H](c2cccc(NC(=O)NC34CC5CC(CC(C5)C3)C4)c2)O1. The van der Waals surface area contributed by atoms with E-state index in [1.165, 1.54) is 25.7 Å². The van der Waals surface area contributed by atoms with E-state index in [4.69, 9.17) is 14.2 Å². The molecule has 2 amide bonds. The Kier molecular flexibility index (Phi) is 8.49. The maximum Gasteiger partial charge on any atom is 0.319 e. The van der Waals surface area contributed by atoms with Gasteiger partial charge >= 0.3 is 6.03 Å². The monoisotopic (exact) mass is 589 g/mol. The number of carbonyl (C=O) groups is 1. The summed E-state index contributed by atoms with van der Waals surface area (Å²) >= 11 is 0. The molecule has 2 heterocycles. The Labute approximate surface area is 255 Å². The van der Waals surface area contributed by atoms with Gasteiger partial charge in [0.2, 0.25) is 0 Å². The summed E-state index contributed by atoms with van der Waals surface area (Å²) in [5, 5.41) is 16.1. The van der Waals surface area contributed by atoms with E-state index in [2.05, 4.69) is 15.5 Å². The summed E-state index contributed by atoms with van der Waals surface area (Å²) in [6.45, 7) is 2.63. The van der Waals surface area contributed by atoms with Crippen LogP contribution in [0.3, 0.4) is 0 Å². The summed E-state index contributed by atoms with van der Waals surface area (Å²) in [4.78, 5) is 15.8. The van der Waals surface area contributed by atoms with E-state index in [0.29, 0.717) is 6.04 Å². The molecule has 0 radical (unpaired) electrons. The molecular weight excluding hydrogens is 542 g/mol. The first kappa shape index (κ1) is 29.2. The molecule has 232 valence electrons. The van der Waals surface area contributed by atoms with Crippen molar-refractivity contribution in [3.63, 3.8) is 0 Å². The summed E-state index contributed by atoms with van der Waals surface area (Å²) in [6, 6.07) is 16.2. The van der Waals surface area contributed by atoms with Crippen LogP contribution in [0.4, 0.5) is 10.5 Å². The van der Waals surface area contributed by atoms with Crippen molar-refractivity contribution >= 4 is 11.7 Å². The molecule has 4 atom stereocenters. The number of hydrogen-bond acceptors (Lipinski definition) is 6. The number of aliphatic hydroxyl groups is 1. The molecule has 2 aliphatic heterocycles. The van der Waals surface area contributed by atoms with Crippen molar-refractivity contribution in [3.8, 4) is 0 Å². The molecule has 6 fully saturated rings. The number of ether oxygens (including phenoxy) is 3. The zero-order chi connectivity index (χ0) is 29.4. The van der Waals surface area contributed by atoms with Gasteiger partial charge in [-0.2, -0.15) is 0 Å². The van der Waals surface area contributed by atoms with Gasteiger partial charge in [-0.1, -0.05) is 36.4 Å². The third kappa shape index (κ3) is 6.50.